The van der Waals surface area contributed by atoms with E-state index in [1.807, 2.05) is 23.1 Å². The van der Waals surface area contributed by atoms with Gasteiger partial charge in [0, 0.05) is 13.1 Å². The van der Waals surface area contributed by atoms with Gasteiger partial charge in [-0.2, -0.15) is 13.2 Å². The van der Waals surface area contributed by atoms with Crippen LogP contribution in [0.1, 0.15) is 35.3 Å². The Labute approximate surface area is 215 Å². The zero-order valence-corrected chi connectivity index (χ0v) is 20.9. The Morgan fingerprint density at radius 3 is 2.62 bits per heavy atom. The van der Waals surface area contributed by atoms with E-state index in [1.54, 1.807) is 14.2 Å². The van der Waals surface area contributed by atoms with Crippen LogP contribution in [0, 0.1) is 0 Å². The summed E-state index contributed by atoms with van der Waals surface area (Å²) in [6.45, 7) is 1.01. The molecule has 0 saturated carbocycles. The highest BCUT2D eigenvalue weighted by atomic mass is 32.1. The van der Waals surface area contributed by atoms with Crippen molar-refractivity contribution in [2.75, 3.05) is 27.3 Å². The Kier molecular flexibility index (Phi) is 6.30. The summed E-state index contributed by atoms with van der Waals surface area (Å²) >= 11 is 5.61. The molecule has 1 fully saturated rings. The molecule has 1 saturated heterocycles. The molecule has 3 heterocycles. The number of hydrogen-bond donors (Lipinski definition) is 2. The number of nitrogens with zero attached hydrogens (tertiary/aromatic N) is 3. The van der Waals surface area contributed by atoms with Crippen molar-refractivity contribution < 1.29 is 27.8 Å². The number of benzene rings is 2. The van der Waals surface area contributed by atoms with Crippen LogP contribution in [-0.2, 0) is 12.6 Å². The predicted octanol–water partition coefficient (Wildman–Crippen LogP) is 3.80. The first-order valence-electron chi connectivity index (χ1n) is 11.6. The standard InChI is InChI=1S/C25H25F3N4O4S/c1-35-19-7-6-14(10-20(19)36-2)8-9-29-23(37)30-13-17-12-18(30)21-22(33)32(24(34)31(17)21)16-5-3-4-15(11-16)25(26,27)28/h3-7,10-11,17-18,33H,8-9,12-13H2,1-2H3,(H,29,37). The lowest BCUT2D eigenvalue weighted by atomic mass is 10.1. The Balaban J connectivity index is 1.32. The minimum atomic E-state index is -4.57. The van der Waals surface area contributed by atoms with Crippen LogP contribution in [0.25, 0.3) is 5.69 Å². The van der Waals surface area contributed by atoms with Crippen molar-refractivity contribution in [3.05, 3.63) is 69.8 Å². The summed E-state index contributed by atoms with van der Waals surface area (Å²) in [6, 6.07) is 9.44. The lowest BCUT2D eigenvalue weighted by Gasteiger charge is -2.30. The van der Waals surface area contributed by atoms with Crippen LogP contribution in [0.2, 0.25) is 0 Å². The number of nitrogens with one attached hydrogen (secondary N) is 1. The quantitative estimate of drug-likeness (QED) is 0.466. The molecular formula is C25H25F3N4O4S. The number of alkyl halides is 3. The molecule has 37 heavy (non-hydrogen) atoms. The number of likely N-dealkylation sites (tertiary alicyclic amines) is 1. The largest absolute Gasteiger partial charge is 0.493 e. The van der Waals surface area contributed by atoms with E-state index in [4.69, 9.17) is 21.7 Å². The summed E-state index contributed by atoms with van der Waals surface area (Å²) in [5.41, 5.74) is -0.109. The van der Waals surface area contributed by atoms with E-state index < -0.39 is 17.4 Å². The molecule has 5 rings (SSSR count). The summed E-state index contributed by atoms with van der Waals surface area (Å²) in [5, 5.41) is 14.7. The second kappa shape index (κ2) is 9.33. The highest BCUT2D eigenvalue weighted by Gasteiger charge is 2.48. The fraction of sp³-hybridized carbons (Fsp3) is 0.360. The van der Waals surface area contributed by atoms with Crippen molar-refractivity contribution in [1.29, 1.82) is 0 Å². The molecule has 2 N–H and O–H groups in total. The van der Waals surface area contributed by atoms with E-state index in [2.05, 4.69) is 5.32 Å². The maximum Gasteiger partial charge on any atom is 0.416 e. The molecule has 2 atom stereocenters. The number of hydrogen-bond acceptors (Lipinski definition) is 5. The molecule has 3 aromatic rings. The Morgan fingerprint density at radius 2 is 1.92 bits per heavy atom. The van der Waals surface area contributed by atoms with Crippen LogP contribution < -0.4 is 20.5 Å². The number of methoxy groups -OCH3 is 2. The molecule has 2 aromatic carbocycles. The van der Waals surface area contributed by atoms with E-state index >= 15 is 0 Å². The maximum atomic E-state index is 13.2. The molecule has 0 radical (unpaired) electrons. The zero-order chi connectivity index (χ0) is 26.5. The summed E-state index contributed by atoms with van der Waals surface area (Å²) in [4.78, 5) is 15.1. The van der Waals surface area contributed by atoms with Crippen LogP contribution in [0.15, 0.2) is 47.3 Å². The number of imidazole rings is 1. The molecule has 12 heteroatoms. The lowest BCUT2D eigenvalue weighted by molar-refractivity contribution is -0.137. The molecule has 2 bridgehead atoms. The molecule has 196 valence electrons. The van der Waals surface area contributed by atoms with E-state index in [0.717, 1.165) is 22.3 Å². The van der Waals surface area contributed by atoms with Gasteiger partial charge < -0.3 is 24.8 Å². The van der Waals surface area contributed by atoms with Gasteiger partial charge in [-0.25, -0.2) is 9.36 Å². The molecular weight excluding hydrogens is 509 g/mol. The lowest BCUT2D eigenvalue weighted by Crippen LogP contribution is -2.43. The second-order valence-electron chi connectivity index (χ2n) is 8.97. The number of rotatable bonds is 6. The van der Waals surface area contributed by atoms with Crippen molar-refractivity contribution >= 4 is 17.3 Å². The van der Waals surface area contributed by atoms with Crippen molar-refractivity contribution in [2.45, 2.75) is 31.1 Å². The van der Waals surface area contributed by atoms with Crippen molar-refractivity contribution in [3.63, 3.8) is 0 Å². The van der Waals surface area contributed by atoms with Crippen molar-refractivity contribution in [3.8, 4) is 23.1 Å². The normalized spacial score (nSPS) is 18.1. The number of fused-ring (bicyclic) bond motifs is 5. The third-order valence-electron chi connectivity index (χ3n) is 6.89. The number of aromatic nitrogens is 2. The van der Waals surface area contributed by atoms with Crippen LogP contribution in [0.4, 0.5) is 13.2 Å². The van der Waals surface area contributed by atoms with Gasteiger partial charge in [-0.3, -0.25) is 4.57 Å². The maximum absolute atomic E-state index is 13.2. The van der Waals surface area contributed by atoms with Gasteiger partial charge in [-0.15, -0.1) is 0 Å². The minimum Gasteiger partial charge on any atom is -0.493 e. The van der Waals surface area contributed by atoms with Gasteiger partial charge in [0.25, 0.3) is 0 Å². The molecule has 2 unspecified atom stereocenters. The fourth-order valence-corrected chi connectivity index (χ4v) is 5.48. The van der Waals surface area contributed by atoms with Gasteiger partial charge in [0.15, 0.2) is 16.6 Å². The van der Waals surface area contributed by atoms with Gasteiger partial charge >= 0.3 is 11.9 Å². The zero-order valence-electron chi connectivity index (χ0n) is 20.1. The predicted molar refractivity (Wildman–Crippen MR) is 134 cm³/mol. The van der Waals surface area contributed by atoms with Crippen LogP contribution in [0.5, 0.6) is 17.4 Å². The Hall–Kier alpha value is -3.67. The van der Waals surface area contributed by atoms with E-state index in [1.165, 1.54) is 16.7 Å². The molecule has 0 aliphatic carbocycles. The third kappa shape index (κ3) is 4.28. The molecule has 0 amide bonds. The van der Waals surface area contributed by atoms with Crippen molar-refractivity contribution in [2.24, 2.45) is 0 Å². The number of aromatic hydroxyl groups is 1. The SMILES string of the molecule is COc1ccc(CCNC(=S)N2CC3CC2c2c(O)n(-c4cccc(C(F)(F)F)c4)c(=O)n23)cc1OC. The smallest absolute Gasteiger partial charge is 0.416 e. The van der Waals surface area contributed by atoms with E-state index in [-0.39, 0.29) is 23.7 Å². The summed E-state index contributed by atoms with van der Waals surface area (Å²) in [7, 11) is 3.15. The van der Waals surface area contributed by atoms with Crippen LogP contribution >= 0.6 is 12.2 Å². The second-order valence-corrected chi connectivity index (χ2v) is 9.36. The number of thiocarbonyl (C=S) groups is 1. The Morgan fingerprint density at radius 1 is 1.16 bits per heavy atom. The highest BCUT2D eigenvalue weighted by molar-refractivity contribution is 7.80. The van der Waals surface area contributed by atoms with Gasteiger partial charge in [0.2, 0.25) is 5.88 Å². The fourth-order valence-electron chi connectivity index (χ4n) is 5.18. The van der Waals surface area contributed by atoms with Gasteiger partial charge in [-0.1, -0.05) is 12.1 Å². The van der Waals surface area contributed by atoms with Crippen molar-refractivity contribution in [1.82, 2.24) is 19.4 Å². The average Bonchev–Trinajstić information content (AvgIpc) is 3.54. The van der Waals surface area contributed by atoms with Crippen LogP contribution in [-0.4, -0.2) is 51.6 Å². The van der Waals surface area contributed by atoms with E-state index in [9.17, 15) is 23.1 Å². The summed E-state index contributed by atoms with van der Waals surface area (Å²) in [6.07, 6.45) is -3.31. The van der Waals surface area contributed by atoms with Gasteiger partial charge in [0.05, 0.1) is 37.6 Å². The summed E-state index contributed by atoms with van der Waals surface area (Å²) in [5.74, 6) is 0.915. The summed E-state index contributed by atoms with van der Waals surface area (Å²) < 4.78 is 52.6. The highest BCUT2D eigenvalue weighted by Crippen LogP contribution is 2.48. The minimum absolute atomic E-state index is 0.0409. The number of halogens is 3. The third-order valence-corrected chi connectivity index (χ3v) is 7.27. The van der Waals surface area contributed by atoms with Gasteiger partial charge in [-0.05, 0) is 61.0 Å². The van der Waals surface area contributed by atoms with E-state index in [0.29, 0.717) is 48.2 Å². The molecule has 8 nitrogen and oxygen atoms in total. The first kappa shape index (κ1) is 25.0. The first-order chi connectivity index (χ1) is 17.6. The van der Waals surface area contributed by atoms with Crippen LogP contribution in [0.3, 0.4) is 0 Å². The molecule has 0 spiro atoms. The first-order valence-corrected chi connectivity index (χ1v) is 12.0. The number of ether oxygens (including phenoxy) is 2. The molecule has 1 aromatic heterocycles. The Bertz CT molecular complexity index is 1420. The molecule has 2 aliphatic heterocycles. The van der Waals surface area contributed by atoms with Gasteiger partial charge in [0.1, 0.15) is 5.69 Å². The molecule has 2 aliphatic rings. The topological polar surface area (TPSA) is 80.9 Å². The monoisotopic (exact) mass is 534 g/mol. The average molecular weight is 535 g/mol.